The van der Waals surface area contributed by atoms with Crippen LogP contribution in [0, 0.1) is 6.92 Å². The lowest BCUT2D eigenvalue weighted by Gasteiger charge is -2.08. The number of halogens is 1. The third-order valence-corrected chi connectivity index (χ3v) is 2.27. The molecular formula is C12H15ClO3. The Labute approximate surface area is 100 Å². The Kier molecular flexibility index (Phi) is 5.12. The van der Waals surface area contributed by atoms with Crippen LogP contribution in [0.25, 0.3) is 0 Å². The molecule has 0 unspecified atom stereocenters. The summed E-state index contributed by atoms with van der Waals surface area (Å²) in [5.74, 6) is 0.345. The molecule has 88 valence electrons. The van der Waals surface area contributed by atoms with Gasteiger partial charge in [0.15, 0.2) is 0 Å². The minimum atomic E-state index is -0.258. The van der Waals surface area contributed by atoms with E-state index in [0.717, 1.165) is 5.56 Å². The molecule has 0 aliphatic carbocycles. The summed E-state index contributed by atoms with van der Waals surface area (Å²) in [5.41, 5.74) is 1.07. The van der Waals surface area contributed by atoms with Gasteiger partial charge in [0.05, 0.1) is 24.7 Å². The molecule has 16 heavy (non-hydrogen) atoms. The second kappa shape index (κ2) is 6.38. The smallest absolute Gasteiger partial charge is 0.309 e. The van der Waals surface area contributed by atoms with E-state index in [1.165, 1.54) is 0 Å². The van der Waals surface area contributed by atoms with E-state index in [1.54, 1.807) is 13.0 Å². The van der Waals surface area contributed by atoms with E-state index >= 15 is 0 Å². The Bertz CT molecular complexity index is 363. The zero-order valence-electron chi connectivity index (χ0n) is 9.46. The molecule has 4 heteroatoms. The SMILES string of the molecule is CCOC(=O)CCOc1cc(C)ccc1Cl. The van der Waals surface area contributed by atoms with Gasteiger partial charge in [-0.1, -0.05) is 17.7 Å². The molecule has 0 aliphatic heterocycles. The van der Waals surface area contributed by atoms with Gasteiger partial charge in [0.2, 0.25) is 0 Å². The fourth-order valence-electron chi connectivity index (χ4n) is 1.20. The maximum absolute atomic E-state index is 11.0. The van der Waals surface area contributed by atoms with Gasteiger partial charge in [0.25, 0.3) is 0 Å². The standard InChI is InChI=1S/C12H15ClO3/c1-3-15-12(14)6-7-16-11-8-9(2)4-5-10(11)13/h4-5,8H,3,6-7H2,1-2H3. The number of ether oxygens (including phenoxy) is 2. The summed E-state index contributed by atoms with van der Waals surface area (Å²) in [7, 11) is 0. The van der Waals surface area contributed by atoms with Crippen LogP contribution in [-0.4, -0.2) is 19.2 Å². The van der Waals surface area contributed by atoms with Crippen LogP contribution >= 0.6 is 11.6 Å². The van der Waals surface area contributed by atoms with Crippen molar-refractivity contribution in [3.8, 4) is 5.75 Å². The molecule has 0 saturated heterocycles. The first kappa shape index (κ1) is 12.8. The third-order valence-electron chi connectivity index (χ3n) is 1.96. The van der Waals surface area contributed by atoms with Crippen LogP contribution in [0.1, 0.15) is 18.9 Å². The largest absolute Gasteiger partial charge is 0.491 e. The maximum Gasteiger partial charge on any atom is 0.309 e. The number of hydrogen-bond acceptors (Lipinski definition) is 3. The van der Waals surface area contributed by atoms with Crippen LogP contribution in [0.15, 0.2) is 18.2 Å². The van der Waals surface area contributed by atoms with Crippen molar-refractivity contribution in [3.63, 3.8) is 0 Å². The molecule has 1 rings (SSSR count). The molecule has 0 amide bonds. The average Bonchev–Trinajstić information content (AvgIpc) is 2.23. The summed E-state index contributed by atoms with van der Waals surface area (Å²) < 4.78 is 10.2. The summed E-state index contributed by atoms with van der Waals surface area (Å²) in [5, 5.41) is 0.550. The molecule has 1 aromatic rings. The number of hydrogen-bond donors (Lipinski definition) is 0. The van der Waals surface area contributed by atoms with Gasteiger partial charge in [-0.15, -0.1) is 0 Å². The van der Waals surface area contributed by atoms with Crippen LogP contribution < -0.4 is 4.74 Å². The summed E-state index contributed by atoms with van der Waals surface area (Å²) in [6, 6.07) is 5.52. The Hall–Kier alpha value is -1.22. The molecule has 0 fully saturated rings. The molecule has 3 nitrogen and oxygen atoms in total. The molecule has 0 N–H and O–H groups in total. The summed E-state index contributed by atoms with van der Waals surface area (Å²) >= 11 is 5.93. The number of aryl methyl sites for hydroxylation is 1. The van der Waals surface area contributed by atoms with Gasteiger partial charge in [-0.25, -0.2) is 0 Å². The first-order valence-electron chi connectivity index (χ1n) is 5.18. The van der Waals surface area contributed by atoms with E-state index in [2.05, 4.69) is 0 Å². The average molecular weight is 243 g/mol. The zero-order chi connectivity index (χ0) is 12.0. The summed E-state index contributed by atoms with van der Waals surface area (Å²) in [6.07, 6.45) is 0.234. The molecular weight excluding hydrogens is 228 g/mol. The van der Waals surface area contributed by atoms with Gasteiger partial charge in [0.1, 0.15) is 5.75 Å². The van der Waals surface area contributed by atoms with Crippen LogP contribution in [0.5, 0.6) is 5.75 Å². The van der Waals surface area contributed by atoms with E-state index in [-0.39, 0.29) is 19.0 Å². The van der Waals surface area contributed by atoms with Gasteiger partial charge >= 0.3 is 5.97 Å². The number of rotatable bonds is 5. The monoisotopic (exact) mass is 242 g/mol. The van der Waals surface area contributed by atoms with Gasteiger partial charge in [-0.3, -0.25) is 4.79 Å². The van der Waals surface area contributed by atoms with Crippen molar-refractivity contribution in [2.24, 2.45) is 0 Å². The molecule has 0 heterocycles. The molecule has 0 atom stereocenters. The normalized spacial score (nSPS) is 9.94. The van der Waals surface area contributed by atoms with Gasteiger partial charge in [-0.2, -0.15) is 0 Å². The van der Waals surface area contributed by atoms with Crippen LogP contribution in [0.2, 0.25) is 5.02 Å². The van der Waals surface area contributed by atoms with Crippen LogP contribution in [-0.2, 0) is 9.53 Å². The van der Waals surface area contributed by atoms with Gasteiger partial charge in [-0.05, 0) is 31.5 Å². The highest BCUT2D eigenvalue weighted by atomic mass is 35.5. The topological polar surface area (TPSA) is 35.5 Å². The fourth-order valence-corrected chi connectivity index (χ4v) is 1.37. The van der Waals surface area contributed by atoms with Crippen molar-refractivity contribution in [2.75, 3.05) is 13.2 Å². The first-order chi connectivity index (χ1) is 7.63. The Morgan fingerprint density at radius 3 is 2.88 bits per heavy atom. The lowest BCUT2D eigenvalue weighted by atomic mass is 10.2. The van der Waals surface area contributed by atoms with Crippen molar-refractivity contribution in [1.82, 2.24) is 0 Å². The highest BCUT2D eigenvalue weighted by Crippen LogP contribution is 2.25. The van der Waals surface area contributed by atoms with Crippen LogP contribution in [0.4, 0.5) is 0 Å². The summed E-state index contributed by atoms with van der Waals surface area (Å²) in [6.45, 7) is 4.40. The number of carbonyl (C=O) groups excluding carboxylic acids is 1. The highest BCUT2D eigenvalue weighted by Gasteiger charge is 2.04. The minimum absolute atomic E-state index is 0.234. The fraction of sp³-hybridized carbons (Fsp3) is 0.417. The quantitative estimate of drug-likeness (QED) is 0.745. The Morgan fingerprint density at radius 1 is 1.44 bits per heavy atom. The third kappa shape index (κ3) is 4.11. The van der Waals surface area contributed by atoms with Crippen LogP contribution in [0.3, 0.4) is 0 Å². The molecule has 0 radical (unpaired) electrons. The molecule has 0 aromatic heterocycles. The number of esters is 1. The summed E-state index contributed by atoms with van der Waals surface area (Å²) in [4.78, 5) is 11.0. The van der Waals surface area contributed by atoms with E-state index in [4.69, 9.17) is 21.1 Å². The van der Waals surface area contributed by atoms with Gasteiger partial charge in [0, 0.05) is 0 Å². The van der Waals surface area contributed by atoms with Crippen molar-refractivity contribution in [1.29, 1.82) is 0 Å². The second-order valence-corrected chi connectivity index (χ2v) is 3.74. The first-order valence-corrected chi connectivity index (χ1v) is 5.56. The molecule has 0 aliphatic rings. The van der Waals surface area contributed by atoms with Crippen molar-refractivity contribution in [2.45, 2.75) is 20.3 Å². The second-order valence-electron chi connectivity index (χ2n) is 3.34. The zero-order valence-corrected chi connectivity index (χ0v) is 10.2. The molecule has 0 bridgehead atoms. The maximum atomic E-state index is 11.0. The van der Waals surface area contributed by atoms with Crippen molar-refractivity contribution < 1.29 is 14.3 Å². The molecule has 0 spiro atoms. The Balaban J connectivity index is 2.42. The predicted octanol–water partition coefficient (Wildman–Crippen LogP) is 2.98. The number of benzene rings is 1. The number of carbonyl (C=O) groups is 1. The van der Waals surface area contributed by atoms with E-state index in [9.17, 15) is 4.79 Å². The van der Waals surface area contributed by atoms with Crippen molar-refractivity contribution in [3.05, 3.63) is 28.8 Å². The van der Waals surface area contributed by atoms with E-state index in [0.29, 0.717) is 17.4 Å². The minimum Gasteiger partial charge on any atom is -0.491 e. The lowest BCUT2D eigenvalue weighted by Crippen LogP contribution is -2.09. The molecule has 0 saturated carbocycles. The predicted molar refractivity (Wildman–Crippen MR) is 62.9 cm³/mol. The van der Waals surface area contributed by atoms with Gasteiger partial charge < -0.3 is 9.47 Å². The lowest BCUT2D eigenvalue weighted by molar-refractivity contribution is -0.143. The van der Waals surface area contributed by atoms with E-state index < -0.39 is 0 Å². The highest BCUT2D eigenvalue weighted by molar-refractivity contribution is 6.32. The van der Waals surface area contributed by atoms with E-state index in [1.807, 2.05) is 19.1 Å². The Morgan fingerprint density at radius 2 is 2.19 bits per heavy atom. The van der Waals surface area contributed by atoms with Crippen molar-refractivity contribution >= 4 is 17.6 Å². The molecule has 1 aromatic carbocycles.